The van der Waals surface area contributed by atoms with Gasteiger partial charge in [0.05, 0.1) is 12.7 Å². The fourth-order valence-electron chi connectivity index (χ4n) is 1.67. The fraction of sp³-hybridized carbons (Fsp3) is 1.00. The van der Waals surface area contributed by atoms with Crippen molar-refractivity contribution in [3.05, 3.63) is 0 Å². The van der Waals surface area contributed by atoms with Gasteiger partial charge < -0.3 is 15.0 Å². The summed E-state index contributed by atoms with van der Waals surface area (Å²) in [4.78, 5) is 2.44. The number of nitrogens with zero attached hydrogens (tertiary/aromatic N) is 1. The molecular formula is C10H22N2O. The zero-order valence-electron chi connectivity index (χ0n) is 8.88. The summed E-state index contributed by atoms with van der Waals surface area (Å²) in [5.74, 6) is 0. The van der Waals surface area contributed by atoms with Crippen molar-refractivity contribution >= 4 is 0 Å². The van der Waals surface area contributed by atoms with Gasteiger partial charge >= 0.3 is 0 Å². The van der Waals surface area contributed by atoms with E-state index in [1.54, 1.807) is 0 Å². The Hall–Kier alpha value is -0.120. The predicted octanol–water partition coefficient (Wildman–Crippen LogP) is 0.707. The number of morpholine rings is 1. The van der Waals surface area contributed by atoms with Crippen LogP contribution in [0.5, 0.6) is 0 Å². The van der Waals surface area contributed by atoms with Crippen molar-refractivity contribution in [2.75, 3.05) is 39.3 Å². The average molecular weight is 186 g/mol. The molecule has 0 radical (unpaired) electrons. The Labute approximate surface area is 81.4 Å². The monoisotopic (exact) mass is 186 g/mol. The number of hydrogen-bond acceptors (Lipinski definition) is 3. The van der Waals surface area contributed by atoms with Gasteiger partial charge in [-0.2, -0.15) is 0 Å². The van der Waals surface area contributed by atoms with E-state index < -0.39 is 0 Å². The molecule has 0 aliphatic carbocycles. The summed E-state index contributed by atoms with van der Waals surface area (Å²) in [6.45, 7) is 10.8. The molecule has 1 saturated heterocycles. The normalized spacial score (nSPS) is 23.8. The third-order valence-corrected chi connectivity index (χ3v) is 2.67. The third kappa shape index (κ3) is 4.07. The van der Waals surface area contributed by atoms with Crippen molar-refractivity contribution in [2.24, 2.45) is 0 Å². The molecule has 3 heteroatoms. The SMILES string of the molecule is CCN(CC)CCC1CNCCO1. The lowest BCUT2D eigenvalue weighted by Gasteiger charge is -2.26. The first-order valence-electron chi connectivity index (χ1n) is 5.41. The van der Waals surface area contributed by atoms with Crippen molar-refractivity contribution in [3.8, 4) is 0 Å². The molecule has 13 heavy (non-hydrogen) atoms. The van der Waals surface area contributed by atoms with Crippen LogP contribution in [0.15, 0.2) is 0 Å². The van der Waals surface area contributed by atoms with Crippen LogP contribution in [-0.2, 0) is 4.74 Å². The molecule has 0 amide bonds. The molecule has 0 spiro atoms. The Bertz CT molecular complexity index is 120. The van der Waals surface area contributed by atoms with Crippen LogP contribution in [0.25, 0.3) is 0 Å². The molecule has 1 rings (SSSR count). The lowest BCUT2D eigenvalue weighted by Crippen LogP contribution is -2.40. The van der Waals surface area contributed by atoms with Gasteiger partial charge in [-0.05, 0) is 19.5 Å². The van der Waals surface area contributed by atoms with Gasteiger partial charge in [-0.15, -0.1) is 0 Å². The van der Waals surface area contributed by atoms with E-state index in [9.17, 15) is 0 Å². The molecule has 1 atom stereocenters. The molecule has 0 saturated carbocycles. The van der Waals surface area contributed by atoms with Gasteiger partial charge in [0.2, 0.25) is 0 Å². The minimum absolute atomic E-state index is 0.439. The Morgan fingerprint density at radius 1 is 1.38 bits per heavy atom. The van der Waals surface area contributed by atoms with Gasteiger partial charge in [-0.25, -0.2) is 0 Å². The third-order valence-electron chi connectivity index (χ3n) is 2.67. The molecule has 0 aromatic carbocycles. The molecular weight excluding hydrogens is 164 g/mol. The Kier molecular flexibility index (Phi) is 5.35. The molecule has 3 nitrogen and oxygen atoms in total. The second-order valence-corrected chi connectivity index (χ2v) is 3.51. The molecule has 1 fully saturated rings. The molecule has 1 aliphatic heterocycles. The maximum atomic E-state index is 5.63. The maximum Gasteiger partial charge on any atom is 0.0712 e. The quantitative estimate of drug-likeness (QED) is 0.684. The van der Waals surface area contributed by atoms with Crippen LogP contribution in [0.1, 0.15) is 20.3 Å². The second kappa shape index (κ2) is 6.35. The summed E-state index contributed by atoms with van der Waals surface area (Å²) in [6, 6.07) is 0. The van der Waals surface area contributed by atoms with Crippen LogP contribution in [0.4, 0.5) is 0 Å². The number of ether oxygens (including phenoxy) is 1. The van der Waals surface area contributed by atoms with Crippen LogP contribution in [-0.4, -0.2) is 50.3 Å². The van der Waals surface area contributed by atoms with Gasteiger partial charge in [-0.1, -0.05) is 13.8 Å². The molecule has 78 valence electrons. The van der Waals surface area contributed by atoms with Gasteiger partial charge in [0.15, 0.2) is 0 Å². The van der Waals surface area contributed by atoms with E-state index in [0.717, 1.165) is 39.2 Å². The zero-order chi connectivity index (χ0) is 9.52. The summed E-state index contributed by atoms with van der Waals surface area (Å²) in [6.07, 6.45) is 1.60. The van der Waals surface area contributed by atoms with Crippen LogP contribution in [0.2, 0.25) is 0 Å². The second-order valence-electron chi connectivity index (χ2n) is 3.51. The van der Waals surface area contributed by atoms with E-state index in [1.807, 2.05) is 0 Å². The molecule has 1 N–H and O–H groups in total. The van der Waals surface area contributed by atoms with E-state index in [0.29, 0.717) is 6.10 Å². The highest BCUT2D eigenvalue weighted by Gasteiger charge is 2.13. The van der Waals surface area contributed by atoms with Crippen molar-refractivity contribution in [1.29, 1.82) is 0 Å². The van der Waals surface area contributed by atoms with E-state index in [-0.39, 0.29) is 0 Å². The maximum absolute atomic E-state index is 5.63. The highest BCUT2D eigenvalue weighted by atomic mass is 16.5. The van der Waals surface area contributed by atoms with Gasteiger partial charge in [0.25, 0.3) is 0 Å². The Balaban J connectivity index is 2.09. The van der Waals surface area contributed by atoms with E-state index in [2.05, 4.69) is 24.1 Å². The van der Waals surface area contributed by atoms with Crippen LogP contribution in [0, 0.1) is 0 Å². The van der Waals surface area contributed by atoms with Crippen molar-refractivity contribution in [2.45, 2.75) is 26.4 Å². The minimum Gasteiger partial charge on any atom is -0.376 e. The average Bonchev–Trinajstić information content (AvgIpc) is 2.21. The van der Waals surface area contributed by atoms with Crippen molar-refractivity contribution in [3.63, 3.8) is 0 Å². The summed E-state index contributed by atoms with van der Waals surface area (Å²) in [5, 5.41) is 3.35. The Morgan fingerprint density at radius 3 is 2.69 bits per heavy atom. The lowest BCUT2D eigenvalue weighted by atomic mass is 10.2. The molecule has 1 heterocycles. The number of rotatable bonds is 5. The molecule has 0 aromatic heterocycles. The van der Waals surface area contributed by atoms with Gasteiger partial charge in [0.1, 0.15) is 0 Å². The smallest absolute Gasteiger partial charge is 0.0712 e. The number of nitrogens with one attached hydrogen (secondary N) is 1. The predicted molar refractivity (Wildman–Crippen MR) is 55.0 cm³/mol. The van der Waals surface area contributed by atoms with Crippen molar-refractivity contribution < 1.29 is 4.74 Å². The standard InChI is InChI=1S/C10H22N2O/c1-3-12(4-2)7-5-10-9-11-6-8-13-10/h10-11H,3-9H2,1-2H3. The van der Waals surface area contributed by atoms with E-state index >= 15 is 0 Å². The zero-order valence-corrected chi connectivity index (χ0v) is 8.88. The first kappa shape index (κ1) is 11.0. The van der Waals surface area contributed by atoms with Gasteiger partial charge in [0, 0.05) is 19.6 Å². The summed E-state index contributed by atoms with van der Waals surface area (Å²) < 4.78 is 5.63. The largest absolute Gasteiger partial charge is 0.376 e. The first-order valence-corrected chi connectivity index (χ1v) is 5.41. The summed E-state index contributed by atoms with van der Waals surface area (Å²) >= 11 is 0. The van der Waals surface area contributed by atoms with Crippen molar-refractivity contribution in [1.82, 2.24) is 10.2 Å². The summed E-state index contributed by atoms with van der Waals surface area (Å²) in [5.41, 5.74) is 0. The van der Waals surface area contributed by atoms with Gasteiger partial charge in [-0.3, -0.25) is 0 Å². The highest BCUT2D eigenvalue weighted by Crippen LogP contribution is 2.02. The molecule has 1 aliphatic rings. The van der Waals surface area contributed by atoms with Crippen LogP contribution >= 0.6 is 0 Å². The first-order chi connectivity index (χ1) is 6.36. The van der Waals surface area contributed by atoms with Crippen LogP contribution in [0.3, 0.4) is 0 Å². The summed E-state index contributed by atoms with van der Waals surface area (Å²) in [7, 11) is 0. The van der Waals surface area contributed by atoms with Crippen LogP contribution < -0.4 is 5.32 Å². The lowest BCUT2D eigenvalue weighted by molar-refractivity contribution is 0.0179. The molecule has 1 unspecified atom stereocenters. The van der Waals surface area contributed by atoms with E-state index in [4.69, 9.17) is 4.74 Å². The van der Waals surface area contributed by atoms with E-state index in [1.165, 1.54) is 6.54 Å². The minimum atomic E-state index is 0.439. The fourth-order valence-corrected chi connectivity index (χ4v) is 1.67. The number of hydrogen-bond donors (Lipinski definition) is 1. The Morgan fingerprint density at radius 2 is 2.15 bits per heavy atom. The molecule has 0 bridgehead atoms. The topological polar surface area (TPSA) is 24.5 Å². The highest BCUT2D eigenvalue weighted by molar-refractivity contribution is 4.68. The molecule has 0 aromatic rings.